The Morgan fingerprint density at radius 2 is 1.97 bits per heavy atom. The molecular formula is C21H23N3O5. The smallest absolute Gasteiger partial charge is 0.326 e. The van der Waals surface area contributed by atoms with Crippen LogP contribution < -0.4 is 15.0 Å². The van der Waals surface area contributed by atoms with Crippen molar-refractivity contribution in [2.75, 3.05) is 32.1 Å². The summed E-state index contributed by atoms with van der Waals surface area (Å²) < 4.78 is 5.33. The van der Waals surface area contributed by atoms with Crippen molar-refractivity contribution in [3.63, 3.8) is 0 Å². The van der Waals surface area contributed by atoms with E-state index in [1.165, 1.54) is 24.0 Å². The number of carbonyl (C=O) groups excluding carboxylic acids is 2. The lowest BCUT2D eigenvalue weighted by Crippen LogP contribution is -2.44. The Morgan fingerprint density at radius 3 is 2.55 bits per heavy atom. The highest BCUT2D eigenvalue weighted by Crippen LogP contribution is 2.31. The van der Waals surface area contributed by atoms with E-state index in [-0.39, 0.29) is 18.0 Å². The van der Waals surface area contributed by atoms with Gasteiger partial charge in [0.15, 0.2) is 0 Å². The lowest BCUT2D eigenvalue weighted by Gasteiger charge is -2.26. The van der Waals surface area contributed by atoms with Crippen molar-refractivity contribution in [3.8, 4) is 5.75 Å². The molecule has 0 spiro atoms. The largest absolute Gasteiger partial charge is 0.495 e. The molecule has 0 saturated carbocycles. The number of carboxylic acids is 1. The van der Waals surface area contributed by atoms with Crippen LogP contribution in [0.15, 0.2) is 48.5 Å². The number of urea groups is 1. The first kappa shape index (κ1) is 20.2. The summed E-state index contributed by atoms with van der Waals surface area (Å²) >= 11 is 0. The fourth-order valence-electron chi connectivity index (χ4n) is 3.31. The number of likely N-dealkylation sites (N-methyl/N-ethyl adjacent to an activating group) is 1. The summed E-state index contributed by atoms with van der Waals surface area (Å²) in [5.41, 5.74) is 1.57. The van der Waals surface area contributed by atoms with Crippen LogP contribution >= 0.6 is 0 Å². The molecule has 2 aromatic rings. The topological polar surface area (TPSA) is 99.2 Å². The minimum Gasteiger partial charge on any atom is -0.495 e. The van der Waals surface area contributed by atoms with Crippen molar-refractivity contribution in [2.24, 2.45) is 0 Å². The lowest BCUT2D eigenvalue weighted by molar-refractivity contribution is -0.141. The van der Waals surface area contributed by atoms with Gasteiger partial charge in [-0.1, -0.05) is 30.3 Å². The normalized spacial score (nSPS) is 14.3. The number of methoxy groups -OCH3 is 1. The van der Waals surface area contributed by atoms with Gasteiger partial charge in [0.2, 0.25) is 0 Å². The van der Waals surface area contributed by atoms with Crippen LogP contribution in [0.2, 0.25) is 0 Å². The van der Waals surface area contributed by atoms with E-state index in [0.717, 1.165) is 5.56 Å². The Kier molecular flexibility index (Phi) is 6.01. The molecule has 0 aromatic heterocycles. The Balaban J connectivity index is 1.87. The van der Waals surface area contributed by atoms with Gasteiger partial charge in [-0.2, -0.15) is 0 Å². The summed E-state index contributed by atoms with van der Waals surface area (Å²) in [7, 11) is 2.96. The van der Waals surface area contributed by atoms with Crippen molar-refractivity contribution < 1.29 is 24.2 Å². The molecule has 8 heteroatoms. The van der Waals surface area contributed by atoms with Crippen molar-refractivity contribution in [2.45, 2.75) is 12.5 Å². The van der Waals surface area contributed by atoms with Crippen LogP contribution in [-0.4, -0.2) is 61.2 Å². The quantitative estimate of drug-likeness (QED) is 0.744. The standard InChI is InChI=1S/C21H23N3O5/c1-23(17(20(26)27)12-14-6-4-3-5-7-14)19(25)15-8-9-18(29-2)16(13-15)24-11-10-22-21(24)28/h3-9,13,17H,10-12H2,1-2H3,(H,22,28)(H,26,27). The zero-order valence-electron chi connectivity index (χ0n) is 16.3. The molecule has 1 fully saturated rings. The fourth-order valence-corrected chi connectivity index (χ4v) is 3.31. The predicted molar refractivity (Wildman–Crippen MR) is 107 cm³/mol. The average Bonchev–Trinajstić information content (AvgIpc) is 3.16. The van der Waals surface area contributed by atoms with Crippen molar-refractivity contribution in [3.05, 3.63) is 59.7 Å². The van der Waals surface area contributed by atoms with Gasteiger partial charge in [-0.15, -0.1) is 0 Å². The summed E-state index contributed by atoms with van der Waals surface area (Å²) in [6.07, 6.45) is 0.190. The van der Waals surface area contributed by atoms with Crippen LogP contribution in [-0.2, 0) is 11.2 Å². The van der Waals surface area contributed by atoms with Gasteiger partial charge in [-0.3, -0.25) is 9.69 Å². The number of amides is 3. The molecule has 1 saturated heterocycles. The third-order valence-electron chi connectivity index (χ3n) is 4.92. The number of nitrogens with zero attached hydrogens (tertiary/aromatic N) is 2. The van der Waals surface area contributed by atoms with Crippen LogP contribution in [0.1, 0.15) is 15.9 Å². The number of hydrogen-bond acceptors (Lipinski definition) is 4. The van der Waals surface area contributed by atoms with Crippen molar-refractivity contribution in [1.29, 1.82) is 0 Å². The molecule has 1 unspecified atom stereocenters. The van der Waals surface area contributed by atoms with Gasteiger partial charge < -0.3 is 20.1 Å². The molecule has 1 atom stereocenters. The Bertz CT molecular complexity index is 916. The van der Waals surface area contributed by atoms with E-state index in [2.05, 4.69) is 5.32 Å². The summed E-state index contributed by atoms with van der Waals surface area (Å²) in [6, 6.07) is 12.6. The van der Waals surface area contributed by atoms with Gasteiger partial charge in [0, 0.05) is 32.1 Å². The first-order valence-corrected chi connectivity index (χ1v) is 9.19. The molecule has 152 valence electrons. The molecule has 3 rings (SSSR count). The molecule has 2 aromatic carbocycles. The first-order chi connectivity index (χ1) is 13.9. The van der Waals surface area contributed by atoms with Crippen molar-refractivity contribution >= 4 is 23.6 Å². The molecule has 8 nitrogen and oxygen atoms in total. The second kappa shape index (κ2) is 8.64. The second-order valence-electron chi connectivity index (χ2n) is 6.73. The molecule has 29 heavy (non-hydrogen) atoms. The number of nitrogens with one attached hydrogen (secondary N) is 1. The molecule has 1 aliphatic rings. The zero-order chi connectivity index (χ0) is 21.0. The van der Waals surface area contributed by atoms with Crippen molar-refractivity contribution in [1.82, 2.24) is 10.2 Å². The number of carbonyl (C=O) groups is 3. The van der Waals surface area contributed by atoms with E-state index in [4.69, 9.17) is 4.74 Å². The number of benzene rings is 2. The molecular weight excluding hydrogens is 374 g/mol. The van der Waals surface area contributed by atoms with Crippen LogP contribution in [0.4, 0.5) is 10.5 Å². The molecule has 0 bridgehead atoms. The Morgan fingerprint density at radius 1 is 1.24 bits per heavy atom. The monoisotopic (exact) mass is 397 g/mol. The number of rotatable bonds is 7. The van der Waals surface area contributed by atoms with Crippen LogP contribution in [0.25, 0.3) is 0 Å². The predicted octanol–water partition coefficient (Wildman–Crippen LogP) is 1.99. The molecule has 0 aliphatic carbocycles. The highest BCUT2D eigenvalue weighted by atomic mass is 16.5. The van der Waals surface area contributed by atoms with Gasteiger partial charge in [0.25, 0.3) is 5.91 Å². The van der Waals surface area contributed by atoms with Crippen LogP contribution in [0, 0.1) is 0 Å². The van der Waals surface area contributed by atoms with E-state index in [1.807, 2.05) is 30.3 Å². The number of ether oxygens (including phenoxy) is 1. The average molecular weight is 397 g/mol. The molecule has 3 amide bonds. The number of hydrogen-bond donors (Lipinski definition) is 2. The maximum atomic E-state index is 13.0. The van der Waals surface area contributed by atoms with Gasteiger partial charge >= 0.3 is 12.0 Å². The lowest BCUT2D eigenvalue weighted by atomic mass is 10.0. The minimum absolute atomic E-state index is 0.190. The number of anilines is 1. The SMILES string of the molecule is COc1ccc(C(=O)N(C)C(Cc2ccccc2)C(=O)O)cc1N1CCNC1=O. The second-order valence-corrected chi connectivity index (χ2v) is 6.73. The third kappa shape index (κ3) is 4.31. The van der Waals surface area contributed by atoms with Gasteiger partial charge in [-0.25, -0.2) is 9.59 Å². The molecule has 1 aliphatic heterocycles. The Labute approximate surface area is 168 Å². The highest BCUT2D eigenvalue weighted by Gasteiger charge is 2.29. The molecule has 1 heterocycles. The van der Waals surface area contributed by atoms with Crippen LogP contribution in [0.3, 0.4) is 0 Å². The first-order valence-electron chi connectivity index (χ1n) is 9.19. The van der Waals surface area contributed by atoms with E-state index in [1.54, 1.807) is 18.2 Å². The van der Waals surface area contributed by atoms with E-state index >= 15 is 0 Å². The van der Waals surface area contributed by atoms with E-state index in [0.29, 0.717) is 24.5 Å². The highest BCUT2D eigenvalue weighted by molar-refractivity contribution is 6.00. The molecule has 2 N–H and O–H groups in total. The van der Waals surface area contributed by atoms with E-state index in [9.17, 15) is 19.5 Å². The maximum Gasteiger partial charge on any atom is 0.326 e. The number of carboxylic acid groups (broad SMARTS) is 1. The fraction of sp³-hybridized carbons (Fsp3) is 0.286. The minimum atomic E-state index is -1.09. The third-order valence-corrected chi connectivity index (χ3v) is 4.92. The zero-order valence-corrected chi connectivity index (χ0v) is 16.3. The van der Waals surface area contributed by atoms with E-state index < -0.39 is 17.9 Å². The number of aliphatic carboxylic acids is 1. The summed E-state index contributed by atoms with van der Waals surface area (Å²) in [5.74, 6) is -1.07. The summed E-state index contributed by atoms with van der Waals surface area (Å²) in [4.78, 5) is 39.6. The van der Waals surface area contributed by atoms with Gasteiger partial charge in [-0.05, 0) is 23.8 Å². The Hall–Kier alpha value is -3.55. The summed E-state index contributed by atoms with van der Waals surface area (Å²) in [5, 5.41) is 12.4. The van der Waals surface area contributed by atoms with Crippen LogP contribution in [0.5, 0.6) is 5.75 Å². The summed E-state index contributed by atoms with van der Waals surface area (Å²) in [6.45, 7) is 0.951. The van der Waals surface area contributed by atoms with Gasteiger partial charge in [0.05, 0.1) is 12.8 Å². The maximum absolute atomic E-state index is 13.0. The molecule has 0 radical (unpaired) electrons. The van der Waals surface area contributed by atoms with Gasteiger partial charge in [0.1, 0.15) is 11.8 Å².